The Kier molecular flexibility index (Phi) is 7.32. The van der Waals surface area contributed by atoms with Gasteiger partial charge in [-0.1, -0.05) is 43.2 Å². The summed E-state index contributed by atoms with van der Waals surface area (Å²) in [6, 6.07) is 12.0. The van der Waals surface area contributed by atoms with Crippen molar-refractivity contribution in [3.8, 4) is 0 Å². The third-order valence-corrected chi connectivity index (χ3v) is 5.71. The Labute approximate surface area is 158 Å². The number of guanidine groups is 1. The van der Waals surface area contributed by atoms with Crippen molar-refractivity contribution in [3.05, 3.63) is 35.9 Å². The van der Waals surface area contributed by atoms with Crippen molar-refractivity contribution in [2.45, 2.75) is 50.7 Å². The highest BCUT2D eigenvalue weighted by atomic mass is 15.3. The van der Waals surface area contributed by atoms with Gasteiger partial charge in [-0.2, -0.15) is 0 Å². The molecule has 2 N–H and O–H groups in total. The average molecular weight is 358 g/mol. The second-order valence-corrected chi connectivity index (χ2v) is 7.79. The summed E-state index contributed by atoms with van der Waals surface area (Å²) in [7, 11) is 4.04. The van der Waals surface area contributed by atoms with Crippen molar-refractivity contribution in [1.82, 2.24) is 20.4 Å². The van der Waals surface area contributed by atoms with Crippen LogP contribution in [0.15, 0.2) is 35.3 Å². The molecule has 0 radical (unpaired) electrons. The molecule has 1 aromatic rings. The smallest absolute Gasteiger partial charge is 0.191 e. The summed E-state index contributed by atoms with van der Waals surface area (Å²) in [6.45, 7) is 5.28. The van der Waals surface area contributed by atoms with Crippen molar-refractivity contribution in [1.29, 1.82) is 0 Å². The van der Waals surface area contributed by atoms with Crippen LogP contribution in [0.2, 0.25) is 0 Å². The van der Waals surface area contributed by atoms with E-state index in [1.165, 1.54) is 50.8 Å². The maximum absolute atomic E-state index is 4.41. The molecule has 1 saturated heterocycles. The van der Waals surface area contributed by atoms with Gasteiger partial charge in [-0.25, -0.2) is 0 Å². The van der Waals surface area contributed by atoms with Crippen molar-refractivity contribution >= 4 is 5.96 Å². The Bertz CT molecular complexity index is 553. The fourth-order valence-electron chi connectivity index (χ4n) is 4.23. The summed E-state index contributed by atoms with van der Waals surface area (Å²) in [5, 5.41) is 7.10. The van der Waals surface area contributed by atoms with E-state index in [1.807, 2.05) is 7.05 Å². The van der Waals surface area contributed by atoms with E-state index >= 15 is 0 Å². The van der Waals surface area contributed by atoms with E-state index in [-0.39, 0.29) is 0 Å². The van der Waals surface area contributed by atoms with Gasteiger partial charge in [0.05, 0.1) is 0 Å². The number of rotatable bonds is 7. The molecule has 0 amide bonds. The van der Waals surface area contributed by atoms with Crippen LogP contribution in [0.5, 0.6) is 0 Å². The molecule has 1 aliphatic carbocycles. The minimum Gasteiger partial charge on any atom is -0.355 e. The molecule has 1 saturated carbocycles. The molecule has 2 fully saturated rings. The molecule has 1 heterocycles. The minimum absolute atomic E-state index is 0.531. The highest BCUT2D eigenvalue weighted by molar-refractivity contribution is 5.80. The van der Waals surface area contributed by atoms with Crippen LogP contribution in [0, 0.1) is 0 Å². The van der Waals surface area contributed by atoms with Gasteiger partial charge in [0.2, 0.25) is 0 Å². The molecular formula is C21H35N5. The van der Waals surface area contributed by atoms with Crippen LogP contribution < -0.4 is 10.6 Å². The zero-order valence-electron chi connectivity index (χ0n) is 16.5. The average Bonchev–Trinajstić information content (AvgIpc) is 3.33. The van der Waals surface area contributed by atoms with Gasteiger partial charge in [-0.15, -0.1) is 0 Å². The van der Waals surface area contributed by atoms with E-state index in [9.17, 15) is 0 Å². The Morgan fingerprint density at radius 3 is 2.69 bits per heavy atom. The molecule has 1 aliphatic heterocycles. The van der Waals surface area contributed by atoms with Crippen LogP contribution in [-0.4, -0.2) is 68.1 Å². The Hall–Kier alpha value is -1.59. The maximum Gasteiger partial charge on any atom is 0.191 e. The summed E-state index contributed by atoms with van der Waals surface area (Å²) in [5.41, 5.74) is 1.36. The van der Waals surface area contributed by atoms with Gasteiger partial charge < -0.3 is 15.5 Å². The van der Waals surface area contributed by atoms with Crippen molar-refractivity contribution in [3.63, 3.8) is 0 Å². The van der Waals surface area contributed by atoms with Gasteiger partial charge in [0.15, 0.2) is 5.96 Å². The van der Waals surface area contributed by atoms with Gasteiger partial charge in [-0.3, -0.25) is 9.89 Å². The Morgan fingerprint density at radius 1 is 1.19 bits per heavy atom. The fourth-order valence-corrected chi connectivity index (χ4v) is 4.23. The first-order valence-electron chi connectivity index (χ1n) is 10.2. The van der Waals surface area contributed by atoms with Crippen molar-refractivity contribution in [2.75, 3.05) is 40.3 Å². The molecule has 3 rings (SSSR count). The molecule has 1 unspecified atom stereocenters. The van der Waals surface area contributed by atoms with E-state index in [2.05, 4.69) is 62.8 Å². The number of nitrogens with zero attached hydrogens (tertiary/aromatic N) is 3. The van der Waals surface area contributed by atoms with Gasteiger partial charge in [0, 0.05) is 51.9 Å². The largest absolute Gasteiger partial charge is 0.355 e. The second kappa shape index (κ2) is 9.93. The third kappa shape index (κ3) is 5.71. The van der Waals surface area contributed by atoms with Crippen molar-refractivity contribution in [2.24, 2.45) is 4.99 Å². The number of likely N-dealkylation sites (tertiary alicyclic amines) is 1. The third-order valence-electron chi connectivity index (χ3n) is 5.71. The van der Waals surface area contributed by atoms with E-state index in [0.717, 1.165) is 31.6 Å². The first kappa shape index (κ1) is 19.2. The normalized spacial score (nSPS) is 22.3. The predicted molar refractivity (Wildman–Crippen MR) is 110 cm³/mol. The molecule has 0 aromatic heterocycles. The molecule has 2 aliphatic rings. The quantitative estimate of drug-likeness (QED) is 0.580. The van der Waals surface area contributed by atoms with Gasteiger partial charge in [0.1, 0.15) is 0 Å². The number of benzene rings is 1. The molecule has 144 valence electrons. The van der Waals surface area contributed by atoms with Crippen LogP contribution in [-0.2, 0) is 6.54 Å². The van der Waals surface area contributed by atoms with Crippen molar-refractivity contribution < 1.29 is 0 Å². The molecular weight excluding hydrogens is 322 g/mol. The number of hydrogen-bond donors (Lipinski definition) is 2. The van der Waals surface area contributed by atoms with Gasteiger partial charge in [-0.05, 0) is 31.9 Å². The molecule has 0 bridgehead atoms. The maximum atomic E-state index is 4.41. The molecule has 26 heavy (non-hydrogen) atoms. The molecule has 1 atom stereocenters. The molecule has 5 heteroatoms. The number of nitrogens with one attached hydrogen (secondary N) is 2. The molecule has 5 nitrogen and oxygen atoms in total. The highest BCUT2D eigenvalue weighted by Crippen LogP contribution is 2.26. The van der Waals surface area contributed by atoms with Crippen LogP contribution in [0.1, 0.15) is 37.7 Å². The summed E-state index contributed by atoms with van der Waals surface area (Å²) in [5.74, 6) is 0.941. The Morgan fingerprint density at radius 2 is 1.96 bits per heavy atom. The lowest BCUT2D eigenvalue weighted by molar-refractivity contribution is 0.242. The lowest BCUT2D eigenvalue weighted by atomic mass is 10.2. The SMILES string of the molecule is CN=C(NCCN(C)Cc1ccccc1)NC1CCN(C2CCCC2)C1. The zero-order chi connectivity index (χ0) is 18.2. The topological polar surface area (TPSA) is 42.9 Å². The first-order valence-corrected chi connectivity index (χ1v) is 10.2. The van der Waals surface area contributed by atoms with Gasteiger partial charge in [0.25, 0.3) is 0 Å². The summed E-state index contributed by atoms with van der Waals surface area (Å²) < 4.78 is 0. The monoisotopic (exact) mass is 357 g/mol. The molecule has 1 aromatic carbocycles. The number of hydrogen-bond acceptors (Lipinski definition) is 3. The van der Waals surface area contributed by atoms with Crippen LogP contribution >= 0.6 is 0 Å². The fraction of sp³-hybridized carbons (Fsp3) is 0.667. The van der Waals surface area contributed by atoms with E-state index in [1.54, 1.807) is 0 Å². The number of likely N-dealkylation sites (N-methyl/N-ethyl adjacent to an activating group) is 1. The van der Waals surface area contributed by atoms with E-state index in [0.29, 0.717) is 6.04 Å². The summed E-state index contributed by atoms with van der Waals surface area (Å²) >= 11 is 0. The van der Waals surface area contributed by atoms with Crippen LogP contribution in [0.25, 0.3) is 0 Å². The Balaban J connectivity index is 1.34. The van der Waals surface area contributed by atoms with Gasteiger partial charge >= 0.3 is 0 Å². The lowest BCUT2D eigenvalue weighted by Crippen LogP contribution is -2.46. The zero-order valence-corrected chi connectivity index (χ0v) is 16.5. The van der Waals surface area contributed by atoms with E-state index in [4.69, 9.17) is 0 Å². The van der Waals surface area contributed by atoms with Crippen LogP contribution in [0.3, 0.4) is 0 Å². The lowest BCUT2D eigenvalue weighted by Gasteiger charge is -2.24. The summed E-state index contributed by atoms with van der Waals surface area (Å²) in [4.78, 5) is 9.44. The second-order valence-electron chi connectivity index (χ2n) is 7.79. The first-order chi connectivity index (χ1) is 12.7. The molecule has 0 spiro atoms. The minimum atomic E-state index is 0.531. The van der Waals surface area contributed by atoms with E-state index < -0.39 is 0 Å². The number of aliphatic imine (C=N–C) groups is 1. The summed E-state index contributed by atoms with van der Waals surface area (Å²) in [6.07, 6.45) is 6.85. The predicted octanol–water partition coefficient (Wildman–Crippen LogP) is 2.30. The van der Waals surface area contributed by atoms with Crippen LogP contribution in [0.4, 0.5) is 0 Å². The highest BCUT2D eigenvalue weighted by Gasteiger charge is 2.30. The standard InChI is InChI=1S/C21H35N5/c1-22-21(23-13-15-25(2)16-18-8-4-3-5-9-18)24-19-12-14-26(17-19)20-10-6-7-11-20/h3-5,8-9,19-20H,6-7,10-17H2,1-2H3,(H2,22,23,24).